The monoisotopic (exact) mass is 477 g/mol. The number of nitrogens with two attached hydrogens (primary N) is 1. The van der Waals surface area contributed by atoms with Crippen molar-refractivity contribution in [2.24, 2.45) is 0 Å². The number of aromatic nitrogens is 1. The smallest absolute Gasteiger partial charge is 0.320 e. The van der Waals surface area contributed by atoms with Gasteiger partial charge in [-0.2, -0.15) is 0 Å². The highest BCUT2D eigenvalue weighted by atomic mass is 19.1. The molecule has 11 heteroatoms. The van der Waals surface area contributed by atoms with Gasteiger partial charge < -0.3 is 16.2 Å². The Hall–Kier alpha value is -3.99. The van der Waals surface area contributed by atoms with Gasteiger partial charge in [0, 0.05) is 12.1 Å². The molecule has 0 aliphatic carbocycles. The number of aliphatic carboxylic acids is 1. The molecule has 0 bridgehead atoms. The van der Waals surface area contributed by atoms with Crippen molar-refractivity contribution in [1.29, 1.82) is 0 Å². The number of carbonyl (C=O) groups is 2. The molecule has 2 aromatic carbocycles. The number of carboxylic acid groups (broad SMARTS) is 1. The van der Waals surface area contributed by atoms with E-state index in [1.54, 1.807) is 0 Å². The normalized spacial score (nSPS) is 11.9. The molecule has 1 atom stereocenters. The van der Waals surface area contributed by atoms with Crippen LogP contribution < -0.4 is 16.6 Å². The molecule has 0 amide bonds. The van der Waals surface area contributed by atoms with Crippen LogP contribution >= 0.6 is 0 Å². The van der Waals surface area contributed by atoms with Gasteiger partial charge >= 0.3 is 5.97 Å². The third kappa shape index (κ3) is 4.99. The van der Waals surface area contributed by atoms with Crippen molar-refractivity contribution in [2.75, 3.05) is 12.3 Å². The van der Waals surface area contributed by atoms with Gasteiger partial charge in [-0.25, -0.2) is 17.6 Å². The molecule has 34 heavy (non-hydrogen) atoms. The van der Waals surface area contributed by atoms with Crippen molar-refractivity contribution in [2.45, 2.75) is 19.4 Å². The van der Waals surface area contributed by atoms with E-state index >= 15 is 0 Å². The Bertz CT molecular complexity index is 1320. The van der Waals surface area contributed by atoms with E-state index in [1.807, 2.05) is 0 Å². The molecule has 3 aromatic rings. The van der Waals surface area contributed by atoms with Crippen LogP contribution in [0.5, 0.6) is 0 Å². The van der Waals surface area contributed by atoms with Crippen LogP contribution in [0.25, 0.3) is 5.69 Å². The van der Waals surface area contributed by atoms with Crippen LogP contribution in [-0.2, 0) is 11.2 Å². The van der Waals surface area contributed by atoms with Crippen LogP contribution in [0.15, 0.2) is 47.3 Å². The molecule has 0 saturated carbocycles. The molecule has 0 fully saturated rings. The fourth-order valence-electron chi connectivity index (χ4n) is 3.29. The number of rotatable bonds is 8. The summed E-state index contributed by atoms with van der Waals surface area (Å²) in [5.41, 5.74) is 3.33. The summed E-state index contributed by atoms with van der Waals surface area (Å²) in [6.07, 6.45) is 0.0818. The number of nitrogens with one attached hydrogen (secondary N) is 1. The molecule has 0 spiro atoms. The van der Waals surface area contributed by atoms with Gasteiger partial charge in [0.15, 0.2) is 17.4 Å². The maximum atomic E-state index is 14.9. The number of anilines is 1. The van der Waals surface area contributed by atoms with E-state index < -0.39 is 69.3 Å². The second-order valence-corrected chi connectivity index (χ2v) is 7.43. The highest BCUT2D eigenvalue weighted by Crippen LogP contribution is 2.25. The molecule has 0 radical (unpaired) electrons. The number of carbonyl (C=O) groups excluding carboxylic acids is 1. The lowest BCUT2D eigenvalue weighted by Crippen LogP contribution is -2.35. The van der Waals surface area contributed by atoms with Crippen LogP contribution in [0.1, 0.15) is 28.4 Å². The number of hydrogen-bond acceptors (Lipinski definition) is 5. The van der Waals surface area contributed by atoms with Crippen molar-refractivity contribution in [1.82, 2.24) is 9.88 Å². The summed E-state index contributed by atoms with van der Waals surface area (Å²) < 4.78 is 57.4. The quantitative estimate of drug-likeness (QED) is 0.340. The van der Waals surface area contributed by atoms with Gasteiger partial charge in [0.05, 0.1) is 11.1 Å². The summed E-state index contributed by atoms with van der Waals surface area (Å²) in [5, 5.41) is 11.5. The first-order chi connectivity index (χ1) is 16.0. The molecule has 0 saturated heterocycles. The van der Waals surface area contributed by atoms with Gasteiger partial charge in [-0.15, -0.1) is 0 Å². The molecule has 0 aliphatic heterocycles. The number of benzene rings is 2. The van der Waals surface area contributed by atoms with E-state index in [1.165, 1.54) is 6.92 Å². The van der Waals surface area contributed by atoms with Crippen molar-refractivity contribution >= 4 is 17.6 Å². The molecule has 7 nitrogen and oxygen atoms in total. The molecule has 1 aromatic heterocycles. The second-order valence-electron chi connectivity index (χ2n) is 7.43. The number of nitrogen functional groups attached to an aromatic ring is 1. The fourth-order valence-corrected chi connectivity index (χ4v) is 3.29. The van der Waals surface area contributed by atoms with Crippen LogP contribution in [0, 0.1) is 23.3 Å². The van der Waals surface area contributed by atoms with E-state index in [9.17, 15) is 31.9 Å². The van der Waals surface area contributed by atoms with Gasteiger partial charge in [-0.1, -0.05) is 0 Å². The topological polar surface area (TPSA) is 114 Å². The number of nitrogens with zero attached hydrogens (tertiary/aromatic N) is 1. The molecular weight excluding hydrogens is 458 g/mol. The van der Waals surface area contributed by atoms with Gasteiger partial charge in [0.1, 0.15) is 29.2 Å². The lowest BCUT2D eigenvalue weighted by molar-refractivity contribution is -0.138. The zero-order valence-corrected chi connectivity index (χ0v) is 17.7. The molecule has 0 aliphatic rings. The van der Waals surface area contributed by atoms with Crippen molar-refractivity contribution < 1.29 is 32.3 Å². The van der Waals surface area contributed by atoms with Crippen LogP contribution in [-0.4, -0.2) is 34.0 Å². The number of ketones is 1. The Morgan fingerprint density at radius 1 is 1.00 bits per heavy atom. The average Bonchev–Trinajstić information content (AvgIpc) is 2.75. The van der Waals surface area contributed by atoms with Gasteiger partial charge in [0.2, 0.25) is 0 Å². The first-order valence-electron chi connectivity index (χ1n) is 9.97. The molecule has 1 heterocycles. The first-order valence-corrected chi connectivity index (χ1v) is 9.97. The summed E-state index contributed by atoms with van der Waals surface area (Å²) >= 11 is 0. The number of hydrogen-bond donors (Lipinski definition) is 3. The van der Waals surface area contributed by atoms with E-state index in [2.05, 4.69) is 5.32 Å². The van der Waals surface area contributed by atoms with Crippen molar-refractivity contribution in [3.8, 4) is 5.69 Å². The predicted octanol–water partition coefficient (Wildman–Crippen LogP) is 2.81. The Morgan fingerprint density at radius 3 is 2.21 bits per heavy atom. The van der Waals surface area contributed by atoms with Gasteiger partial charge in [0.25, 0.3) is 5.56 Å². The molecule has 178 valence electrons. The fraction of sp³-hybridized carbons (Fsp3) is 0.174. The number of pyridine rings is 1. The standard InChI is InChI=1S/C23H19F4N3O4/c1-11(23(33)34)29-7-6-12-8-17(26)20(18(27)9-12)30-19(31)5-4-15(22(30)28)21(32)14-3-2-13(24)10-16(14)25/h2-5,8-11,29H,6-7,28H2,1H3,(H,33,34). The molecular formula is C23H19F4N3O4. The van der Waals surface area contributed by atoms with E-state index in [0.717, 1.165) is 36.4 Å². The summed E-state index contributed by atoms with van der Waals surface area (Å²) in [6, 6.07) is 5.09. The maximum absolute atomic E-state index is 14.9. The zero-order valence-electron chi connectivity index (χ0n) is 17.7. The molecule has 4 N–H and O–H groups in total. The molecule has 1 unspecified atom stereocenters. The lowest BCUT2D eigenvalue weighted by atomic mass is 10.0. The minimum Gasteiger partial charge on any atom is -0.480 e. The van der Waals surface area contributed by atoms with Gasteiger partial charge in [-0.05, 0) is 55.8 Å². The SMILES string of the molecule is CC(NCCc1cc(F)c(-n2c(N)c(C(=O)c3ccc(F)cc3F)ccc2=O)c(F)c1)C(=O)O. The maximum Gasteiger partial charge on any atom is 0.320 e. The average molecular weight is 477 g/mol. The predicted molar refractivity (Wildman–Crippen MR) is 115 cm³/mol. The Kier molecular flexibility index (Phi) is 7.16. The van der Waals surface area contributed by atoms with E-state index in [-0.39, 0.29) is 18.5 Å². The van der Waals surface area contributed by atoms with Crippen LogP contribution in [0.3, 0.4) is 0 Å². The van der Waals surface area contributed by atoms with Crippen LogP contribution in [0.2, 0.25) is 0 Å². The third-order valence-electron chi connectivity index (χ3n) is 5.09. The van der Waals surface area contributed by atoms with E-state index in [0.29, 0.717) is 10.6 Å². The Balaban J connectivity index is 1.99. The summed E-state index contributed by atoms with van der Waals surface area (Å²) in [5.74, 6) is -7.14. The third-order valence-corrected chi connectivity index (χ3v) is 5.09. The highest BCUT2D eigenvalue weighted by Gasteiger charge is 2.23. The summed E-state index contributed by atoms with van der Waals surface area (Å²) in [6.45, 7) is 1.52. The van der Waals surface area contributed by atoms with Crippen LogP contribution in [0.4, 0.5) is 23.4 Å². The zero-order chi connectivity index (χ0) is 25.2. The van der Waals surface area contributed by atoms with Crippen molar-refractivity contribution in [3.05, 3.63) is 92.8 Å². The lowest BCUT2D eigenvalue weighted by Gasteiger charge is -2.16. The largest absolute Gasteiger partial charge is 0.480 e. The van der Waals surface area contributed by atoms with Gasteiger partial charge in [-0.3, -0.25) is 19.0 Å². The number of halogens is 4. The minimum atomic E-state index is -1.17. The summed E-state index contributed by atoms with van der Waals surface area (Å²) in [4.78, 5) is 36.0. The van der Waals surface area contributed by atoms with Crippen molar-refractivity contribution in [3.63, 3.8) is 0 Å². The minimum absolute atomic E-state index is 0.0818. The Morgan fingerprint density at radius 2 is 1.62 bits per heavy atom. The summed E-state index contributed by atoms with van der Waals surface area (Å²) in [7, 11) is 0. The first kappa shape index (κ1) is 24.6. The van der Waals surface area contributed by atoms with E-state index in [4.69, 9.17) is 10.8 Å². The number of carboxylic acids is 1. The molecule has 3 rings (SSSR count). The highest BCUT2D eigenvalue weighted by molar-refractivity contribution is 6.11. The second kappa shape index (κ2) is 9.87. The Labute approximate surface area is 190 Å².